The molecule has 6 nitrogen and oxygen atoms in total. The van der Waals surface area contributed by atoms with Gasteiger partial charge in [0, 0.05) is 33.2 Å². The van der Waals surface area contributed by atoms with E-state index in [0.29, 0.717) is 6.54 Å². The van der Waals surface area contributed by atoms with Crippen molar-refractivity contribution in [2.75, 3.05) is 46.3 Å². The van der Waals surface area contributed by atoms with Gasteiger partial charge in [0.1, 0.15) is 0 Å². The third-order valence-corrected chi connectivity index (χ3v) is 3.69. The van der Waals surface area contributed by atoms with Gasteiger partial charge >= 0.3 is 0 Å². The molecule has 2 heterocycles. The Morgan fingerprint density at radius 2 is 2.00 bits per heavy atom. The Labute approximate surface area is 108 Å². The minimum Gasteiger partial charge on any atom is -0.358 e. The third-order valence-electron chi connectivity index (χ3n) is 3.69. The number of carbonyl (C=O) groups is 2. The number of likely N-dealkylation sites (N-methyl/N-ethyl adjacent to an activating group) is 1. The zero-order chi connectivity index (χ0) is 13.0. The molecule has 2 aliphatic rings. The van der Waals surface area contributed by atoms with Crippen molar-refractivity contribution in [3.05, 3.63) is 0 Å². The van der Waals surface area contributed by atoms with Crippen LogP contribution in [0, 0.1) is 0 Å². The second-order valence-electron chi connectivity index (χ2n) is 4.92. The van der Waals surface area contributed by atoms with Gasteiger partial charge in [-0.1, -0.05) is 0 Å². The van der Waals surface area contributed by atoms with E-state index in [-0.39, 0.29) is 17.9 Å². The van der Waals surface area contributed by atoms with E-state index < -0.39 is 0 Å². The van der Waals surface area contributed by atoms with E-state index in [9.17, 15) is 9.59 Å². The van der Waals surface area contributed by atoms with Crippen LogP contribution in [0.5, 0.6) is 0 Å². The molecule has 0 spiro atoms. The Morgan fingerprint density at radius 3 is 2.56 bits per heavy atom. The van der Waals surface area contributed by atoms with Gasteiger partial charge in [0.25, 0.3) is 0 Å². The SMILES string of the molecule is CNC(=O)CN1CCN(C(=O)C2CCCN2)CC1. The predicted octanol–water partition coefficient (Wildman–Crippen LogP) is -1.37. The number of carbonyl (C=O) groups excluding carboxylic acids is 2. The maximum Gasteiger partial charge on any atom is 0.239 e. The van der Waals surface area contributed by atoms with Crippen LogP contribution in [0.2, 0.25) is 0 Å². The van der Waals surface area contributed by atoms with Crippen molar-refractivity contribution in [1.82, 2.24) is 20.4 Å². The highest BCUT2D eigenvalue weighted by Crippen LogP contribution is 2.10. The zero-order valence-corrected chi connectivity index (χ0v) is 10.9. The molecule has 1 atom stereocenters. The molecule has 0 radical (unpaired) electrons. The topological polar surface area (TPSA) is 64.7 Å². The fourth-order valence-corrected chi connectivity index (χ4v) is 2.52. The molecule has 18 heavy (non-hydrogen) atoms. The summed E-state index contributed by atoms with van der Waals surface area (Å²) in [6, 6.07) is 0.0236. The summed E-state index contributed by atoms with van der Waals surface area (Å²) in [5.41, 5.74) is 0. The first kappa shape index (κ1) is 13.3. The highest BCUT2D eigenvalue weighted by molar-refractivity contribution is 5.82. The van der Waals surface area contributed by atoms with Gasteiger partial charge in [-0.2, -0.15) is 0 Å². The van der Waals surface area contributed by atoms with Crippen LogP contribution in [0.3, 0.4) is 0 Å². The number of hydrogen-bond donors (Lipinski definition) is 2. The van der Waals surface area contributed by atoms with Crippen LogP contribution >= 0.6 is 0 Å². The average molecular weight is 254 g/mol. The fraction of sp³-hybridized carbons (Fsp3) is 0.833. The highest BCUT2D eigenvalue weighted by atomic mass is 16.2. The highest BCUT2D eigenvalue weighted by Gasteiger charge is 2.29. The van der Waals surface area contributed by atoms with Gasteiger partial charge in [0.2, 0.25) is 11.8 Å². The standard InChI is InChI=1S/C12H22N4O2/c1-13-11(17)9-15-5-7-16(8-6-15)12(18)10-3-2-4-14-10/h10,14H,2-9H2,1H3,(H,13,17). The molecule has 2 aliphatic heterocycles. The molecular weight excluding hydrogens is 232 g/mol. The van der Waals surface area contributed by atoms with Crippen molar-refractivity contribution < 1.29 is 9.59 Å². The van der Waals surface area contributed by atoms with Crippen LogP contribution < -0.4 is 10.6 Å². The minimum absolute atomic E-state index is 0.0236. The number of piperazine rings is 1. The van der Waals surface area contributed by atoms with Crippen molar-refractivity contribution in [2.45, 2.75) is 18.9 Å². The van der Waals surface area contributed by atoms with Crippen LogP contribution in [-0.2, 0) is 9.59 Å². The van der Waals surface area contributed by atoms with Gasteiger partial charge in [-0.3, -0.25) is 14.5 Å². The first-order valence-electron chi connectivity index (χ1n) is 6.66. The van der Waals surface area contributed by atoms with E-state index in [4.69, 9.17) is 0 Å². The molecule has 2 amide bonds. The molecule has 2 N–H and O–H groups in total. The molecule has 2 rings (SSSR count). The Balaban J connectivity index is 1.75. The van der Waals surface area contributed by atoms with Crippen molar-refractivity contribution in [2.24, 2.45) is 0 Å². The van der Waals surface area contributed by atoms with E-state index in [1.165, 1.54) is 0 Å². The second-order valence-corrected chi connectivity index (χ2v) is 4.92. The fourth-order valence-electron chi connectivity index (χ4n) is 2.52. The second kappa shape index (κ2) is 6.15. The van der Waals surface area contributed by atoms with Crippen LogP contribution in [0.1, 0.15) is 12.8 Å². The Hall–Kier alpha value is -1.14. The van der Waals surface area contributed by atoms with E-state index in [1.807, 2.05) is 4.90 Å². The van der Waals surface area contributed by atoms with Crippen molar-refractivity contribution >= 4 is 11.8 Å². The van der Waals surface area contributed by atoms with Gasteiger partial charge in [-0.15, -0.1) is 0 Å². The molecule has 1 unspecified atom stereocenters. The largest absolute Gasteiger partial charge is 0.358 e. The van der Waals surface area contributed by atoms with Gasteiger partial charge in [-0.05, 0) is 19.4 Å². The Bertz CT molecular complexity index is 307. The number of nitrogens with zero attached hydrogens (tertiary/aromatic N) is 2. The lowest BCUT2D eigenvalue weighted by Gasteiger charge is -2.35. The monoisotopic (exact) mass is 254 g/mol. The predicted molar refractivity (Wildman–Crippen MR) is 68.1 cm³/mol. The molecule has 2 saturated heterocycles. The van der Waals surface area contributed by atoms with Crippen LogP contribution in [0.25, 0.3) is 0 Å². The summed E-state index contributed by atoms with van der Waals surface area (Å²) >= 11 is 0. The van der Waals surface area contributed by atoms with Crippen molar-refractivity contribution in [1.29, 1.82) is 0 Å². The molecule has 0 aromatic carbocycles. The van der Waals surface area contributed by atoms with Crippen LogP contribution in [0.15, 0.2) is 0 Å². The third kappa shape index (κ3) is 3.20. The first-order valence-corrected chi connectivity index (χ1v) is 6.66. The molecule has 0 aromatic heterocycles. The lowest BCUT2D eigenvalue weighted by atomic mass is 10.2. The normalized spacial score (nSPS) is 25.2. The lowest BCUT2D eigenvalue weighted by molar-refractivity contribution is -0.135. The summed E-state index contributed by atoms with van der Waals surface area (Å²) in [6.07, 6.45) is 2.05. The number of hydrogen-bond acceptors (Lipinski definition) is 4. The van der Waals surface area contributed by atoms with E-state index in [2.05, 4.69) is 15.5 Å². The average Bonchev–Trinajstić information content (AvgIpc) is 2.92. The summed E-state index contributed by atoms with van der Waals surface area (Å²) in [7, 11) is 1.65. The van der Waals surface area contributed by atoms with E-state index >= 15 is 0 Å². The molecule has 102 valence electrons. The number of rotatable bonds is 3. The van der Waals surface area contributed by atoms with E-state index in [0.717, 1.165) is 45.6 Å². The number of amides is 2. The minimum atomic E-state index is 0.0236. The number of nitrogens with one attached hydrogen (secondary N) is 2. The zero-order valence-electron chi connectivity index (χ0n) is 10.9. The maximum absolute atomic E-state index is 12.2. The quantitative estimate of drug-likeness (QED) is 0.652. The molecule has 2 fully saturated rings. The van der Waals surface area contributed by atoms with Crippen molar-refractivity contribution in [3.8, 4) is 0 Å². The lowest BCUT2D eigenvalue weighted by Crippen LogP contribution is -2.54. The summed E-state index contributed by atoms with van der Waals surface area (Å²) in [4.78, 5) is 27.4. The smallest absolute Gasteiger partial charge is 0.239 e. The van der Waals surface area contributed by atoms with Gasteiger partial charge < -0.3 is 15.5 Å². The van der Waals surface area contributed by atoms with Gasteiger partial charge in [0.05, 0.1) is 12.6 Å². The molecular formula is C12H22N4O2. The molecule has 6 heteroatoms. The van der Waals surface area contributed by atoms with Crippen molar-refractivity contribution in [3.63, 3.8) is 0 Å². The Morgan fingerprint density at radius 1 is 1.28 bits per heavy atom. The first-order chi connectivity index (χ1) is 8.70. The molecule has 0 aliphatic carbocycles. The van der Waals surface area contributed by atoms with Crippen LogP contribution in [0.4, 0.5) is 0 Å². The summed E-state index contributed by atoms with van der Waals surface area (Å²) in [5, 5.41) is 5.86. The summed E-state index contributed by atoms with van der Waals surface area (Å²) in [5.74, 6) is 0.263. The molecule has 0 saturated carbocycles. The summed E-state index contributed by atoms with van der Waals surface area (Å²) < 4.78 is 0. The van der Waals surface area contributed by atoms with E-state index in [1.54, 1.807) is 7.05 Å². The summed E-state index contributed by atoms with van der Waals surface area (Å²) in [6.45, 7) is 4.41. The maximum atomic E-state index is 12.2. The Kier molecular flexibility index (Phi) is 4.54. The van der Waals surface area contributed by atoms with Gasteiger partial charge in [-0.25, -0.2) is 0 Å². The van der Waals surface area contributed by atoms with Gasteiger partial charge in [0.15, 0.2) is 0 Å². The van der Waals surface area contributed by atoms with Crippen LogP contribution in [-0.4, -0.2) is 74.0 Å². The molecule has 0 aromatic rings. The molecule has 0 bridgehead atoms.